The molecule has 26 heavy (non-hydrogen) atoms. The van der Waals surface area contributed by atoms with Crippen molar-refractivity contribution >= 4 is 23.1 Å². The van der Waals surface area contributed by atoms with Crippen LogP contribution >= 0.6 is 11.3 Å². The van der Waals surface area contributed by atoms with Gasteiger partial charge in [-0.3, -0.25) is 0 Å². The van der Waals surface area contributed by atoms with E-state index in [1.54, 1.807) is 4.52 Å². The fourth-order valence-corrected chi connectivity index (χ4v) is 3.17. The smallest absolute Gasteiger partial charge is 0.342 e. The van der Waals surface area contributed by atoms with Crippen LogP contribution in [0.15, 0.2) is 33.9 Å². The van der Waals surface area contributed by atoms with E-state index in [1.807, 2.05) is 30.7 Å². The SMILES string of the molecule is CC(C)c1c(C(=O)OCc2nc(-c3ccsc3)no2)cnc2ncnn12. The number of carbonyl (C=O) groups is 1. The molecule has 0 aliphatic heterocycles. The Morgan fingerprint density at radius 3 is 3.04 bits per heavy atom. The lowest BCUT2D eigenvalue weighted by molar-refractivity contribution is 0.0426. The third kappa shape index (κ3) is 2.94. The number of nitrogens with zero attached hydrogens (tertiary/aromatic N) is 6. The van der Waals surface area contributed by atoms with Crippen molar-refractivity contribution < 1.29 is 14.1 Å². The zero-order valence-electron chi connectivity index (χ0n) is 14.0. The molecule has 0 radical (unpaired) electrons. The molecule has 4 heterocycles. The van der Waals surface area contributed by atoms with E-state index in [-0.39, 0.29) is 18.4 Å². The second kappa shape index (κ2) is 6.64. The maximum Gasteiger partial charge on any atom is 0.342 e. The van der Waals surface area contributed by atoms with Crippen molar-refractivity contribution in [2.75, 3.05) is 0 Å². The van der Waals surface area contributed by atoms with Crippen LogP contribution in [0.25, 0.3) is 17.2 Å². The molecular weight excluding hydrogens is 356 g/mol. The lowest BCUT2D eigenvalue weighted by Crippen LogP contribution is -2.14. The number of ether oxygens (including phenoxy) is 1. The quantitative estimate of drug-likeness (QED) is 0.493. The summed E-state index contributed by atoms with van der Waals surface area (Å²) < 4.78 is 12.0. The molecule has 10 heteroatoms. The maximum atomic E-state index is 12.5. The number of fused-ring (bicyclic) bond motifs is 1. The van der Waals surface area contributed by atoms with Crippen LogP contribution in [0, 0.1) is 0 Å². The molecular formula is C16H14N6O3S. The van der Waals surface area contributed by atoms with Gasteiger partial charge in [-0.1, -0.05) is 19.0 Å². The summed E-state index contributed by atoms with van der Waals surface area (Å²) in [5.74, 6) is 0.612. The van der Waals surface area contributed by atoms with Crippen molar-refractivity contribution in [3.63, 3.8) is 0 Å². The highest BCUT2D eigenvalue weighted by Gasteiger charge is 2.21. The predicted octanol–water partition coefficient (Wildman–Crippen LogP) is 2.72. The number of esters is 1. The van der Waals surface area contributed by atoms with Gasteiger partial charge in [0.1, 0.15) is 6.33 Å². The Morgan fingerprint density at radius 2 is 2.27 bits per heavy atom. The highest BCUT2D eigenvalue weighted by atomic mass is 32.1. The Kier molecular flexibility index (Phi) is 4.17. The van der Waals surface area contributed by atoms with Crippen molar-refractivity contribution in [2.24, 2.45) is 0 Å². The van der Waals surface area contributed by atoms with Gasteiger partial charge < -0.3 is 9.26 Å². The van der Waals surface area contributed by atoms with Gasteiger partial charge in [-0.2, -0.15) is 26.4 Å². The summed E-state index contributed by atoms with van der Waals surface area (Å²) in [7, 11) is 0. The van der Waals surface area contributed by atoms with Crippen LogP contribution < -0.4 is 0 Å². The number of carbonyl (C=O) groups excluding carboxylic acids is 1. The summed E-state index contributed by atoms with van der Waals surface area (Å²) in [6, 6.07) is 1.89. The van der Waals surface area contributed by atoms with Crippen LogP contribution in [0.2, 0.25) is 0 Å². The molecule has 132 valence electrons. The fraction of sp³-hybridized carbons (Fsp3) is 0.250. The standard InChI is InChI=1S/C16H14N6O3S/c1-9(2)13-11(5-17-16-18-8-19-22(13)16)15(23)24-6-12-20-14(21-25-12)10-3-4-26-7-10/h3-5,7-9H,6H2,1-2H3. The first-order valence-electron chi connectivity index (χ1n) is 7.84. The van der Waals surface area contributed by atoms with Gasteiger partial charge >= 0.3 is 5.97 Å². The molecule has 0 aliphatic carbocycles. The Bertz CT molecular complexity index is 1050. The van der Waals surface area contributed by atoms with Gasteiger partial charge in [-0.25, -0.2) is 14.3 Å². The zero-order valence-corrected chi connectivity index (χ0v) is 14.8. The average molecular weight is 370 g/mol. The molecule has 0 bridgehead atoms. The minimum Gasteiger partial charge on any atom is -0.452 e. The van der Waals surface area contributed by atoms with Gasteiger partial charge in [-0.15, -0.1) is 0 Å². The van der Waals surface area contributed by atoms with Crippen LogP contribution in [0.5, 0.6) is 0 Å². The van der Waals surface area contributed by atoms with Crippen LogP contribution in [0.4, 0.5) is 0 Å². The third-order valence-corrected chi connectivity index (χ3v) is 4.37. The highest BCUT2D eigenvalue weighted by molar-refractivity contribution is 7.08. The Morgan fingerprint density at radius 1 is 1.38 bits per heavy atom. The van der Waals surface area contributed by atoms with Gasteiger partial charge in [0, 0.05) is 17.1 Å². The number of thiophene rings is 1. The molecule has 0 aliphatic rings. The normalized spacial score (nSPS) is 11.3. The molecule has 4 aromatic heterocycles. The van der Waals surface area contributed by atoms with Crippen LogP contribution in [0.1, 0.15) is 41.7 Å². The minimum absolute atomic E-state index is 0.0262. The lowest BCUT2D eigenvalue weighted by Gasteiger charge is -2.12. The molecule has 0 saturated heterocycles. The predicted molar refractivity (Wildman–Crippen MR) is 91.6 cm³/mol. The molecule has 0 saturated carbocycles. The number of hydrogen-bond donors (Lipinski definition) is 0. The van der Waals surface area contributed by atoms with Crippen LogP contribution in [-0.4, -0.2) is 35.7 Å². The van der Waals surface area contributed by atoms with E-state index in [4.69, 9.17) is 9.26 Å². The van der Waals surface area contributed by atoms with Gasteiger partial charge in [0.2, 0.25) is 5.82 Å². The topological polar surface area (TPSA) is 108 Å². The first-order chi connectivity index (χ1) is 12.6. The van der Waals surface area contributed by atoms with Crippen molar-refractivity contribution in [3.05, 3.63) is 46.5 Å². The largest absolute Gasteiger partial charge is 0.452 e. The molecule has 0 amide bonds. The van der Waals surface area contributed by atoms with E-state index < -0.39 is 5.97 Å². The number of rotatable bonds is 5. The number of hydrogen-bond acceptors (Lipinski definition) is 9. The highest BCUT2D eigenvalue weighted by Crippen LogP contribution is 2.21. The third-order valence-electron chi connectivity index (χ3n) is 3.68. The van der Waals surface area contributed by atoms with Gasteiger partial charge in [0.25, 0.3) is 11.7 Å². The molecule has 4 rings (SSSR count). The zero-order chi connectivity index (χ0) is 18.1. The van der Waals surface area contributed by atoms with E-state index in [9.17, 15) is 4.79 Å². The molecule has 0 N–H and O–H groups in total. The summed E-state index contributed by atoms with van der Waals surface area (Å²) in [6.45, 7) is 3.79. The van der Waals surface area contributed by atoms with Crippen molar-refractivity contribution in [1.29, 1.82) is 0 Å². The first kappa shape index (κ1) is 16.3. The minimum atomic E-state index is -0.533. The van der Waals surface area contributed by atoms with E-state index in [2.05, 4.69) is 25.2 Å². The second-order valence-corrected chi connectivity index (χ2v) is 6.56. The molecule has 0 spiro atoms. The Hall–Kier alpha value is -3.14. The van der Waals surface area contributed by atoms with Crippen molar-refractivity contribution in [1.82, 2.24) is 29.7 Å². The Balaban J connectivity index is 1.54. The molecule has 0 fully saturated rings. The van der Waals surface area contributed by atoms with Gasteiger partial charge in [0.05, 0.1) is 11.3 Å². The summed E-state index contributed by atoms with van der Waals surface area (Å²) in [5.41, 5.74) is 1.87. The van der Waals surface area contributed by atoms with Gasteiger partial charge in [0.15, 0.2) is 6.61 Å². The first-order valence-corrected chi connectivity index (χ1v) is 8.78. The summed E-state index contributed by atoms with van der Waals surface area (Å²) in [6.07, 6.45) is 2.85. The monoisotopic (exact) mass is 370 g/mol. The lowest BCUT2D eigenvalue weighted by atomic mass is 10.1. The second-order valence-electron chi connectivity index (χ2n) is 5.78. The molecule has 0 atom stereocenters. The summed E-state index contributed by atoms with van der Waals surface area (Å²) >= 11 is 1.54. The van der Waals surface area contributed by atoms with Crippen LogP contribution in [-0.2, 0) is 11.3 Å². The molecule has 0 aromatic carbocycles. The Labute approximate surface area is 151 Å². The van der Waals surface area contributed by atoms with E-state index in [1.165, 1.54) is 23.9 Å². The molecule has 0 unspecified atom stereocenters. The fourth-order valence-electron chi connectivity index (χ4n) is 2.54. The van der Waals surface area contributed by atoms with E-state index in [0.29, 0.717) is 22.9 Å². The van der Waals surface area contributed by atoms with E-state index >= 15 is 0 Å². The van der Waals surface area contributed by atoms with Gasteiger partial charge in [-0.05, 0) is 17.4 Å². The summed E-state index contributed by atoms with van der Waals surface area (Å²) in [4.78, 5) is 24.9. The molecule has 9 nitrogen and oxygen atoms in total. The number of aromatic nitrogens is 6. The average Bonchev–Trinajstić information content (AvgIpc) is 3.39. The van der Waals surface area contributed by atoms with E-state index in [0.717, 1.165) is 5.56 Å². The maximum absolute atomic E-state index is 12.5. The molecule has 4 aromatic rings. The van der Waals surface area contributed by atoms with Crippen molar-refractivity contribution in [2.45, 2.75) is 26.4 Å². The van der Waals surface area contributed by atoms with Crippen LogP contribution in [0.3, 0.4) is 0 Å². The summed E-state index contributed by atoms with van der Waals surface area (Å²) in [5, 5.41) is 11.8. The van der Waals surface area contributed by atoms with Crippen molar-refractivity contribution in [3.8, 4) is 11.4 Å².